The highest BCUT2D eigenvalue weighted by Gasteiger charge is 2.14. The van der Waals surface area contributed by atoms with Crippen LogP contribution in [0.4, 0.5) is 0 Å². The highest BCUT2D eigenvalue weighted by atomic mass is 32.1. The maximum atomic E-state index is 5.51. The van der Waals surface area contributed by atoms with Crippen LogP contribution < -0.4 is 0 Å². The number of allylic oxidation sites excluding steroid dienone is 1. The molecule has 0 bridgehead atoms. The summed E-state index contributed by atoms with van der Waals surface area (Å²) in [5, 5.41) is 1.89. The Balaban J connectivity index is 1.83. The fraction of sp³-hybridized carbons (Fsp3) is 0.143. The molecule has 1 aliphatic rings. The van der Waals surface area contributed by atoms with Crippen LogP contribution in [0.5, 0.6) is 0 Å². The van der Waals surface area contributed by atoms with E-state index in [1.165, 1.54) is 4.70 Å². The zero-order valence-corrected chi connectivity index (χ0v) is 12.5. The first kappa shape index (κ1) is 11.9. The van der Waals surface area contributed by atoms with Crippen molar-refractivity contribution in [3.63, 3.8) is 0 Å². The van der Waals surface area contributed by atoms with Crippen LogP contribution in [0.25, 0.3) is 26.2 Å². The first-order valence-corrected chi connectivity index (χ1v) is 7.71. The molecule has 0 amide bonds. The summed E-state index contributed by atoms with van der Waals surface area (Å²) in [6.45, 7) is 3.86. The average Bonchev–Trinajstić information content (AvgIpc) is 2.97. The van der Waals surface area contributed by atoms with Crippen LogP contribution in [0, 0.1) is 6.92 Å². The molecule has 3 heterocycles. The number of benzene rings is 1. The second kappa shape index (κ2) is 4.29. The molecule has 4 rings (SSSR count). The van der Waals surface area contributed by atoms with Crippen molar-refractivity contribution in [2.45, 2.75) is 13.8 Å². The molecule has 6 heteroatoms. The Morgan fingerprint density at radius 3 is 2.50 bits per heavy atom. The van der Waals surface area contributed by atoms with E-state index < -0.39 is 0 Å². The summed E-state index contributed by atoms with van der Waals surface area (Å²) in [4.78, 5) is 9.10. The third-order valence-electron chi connectivity index (χ3n) is 2.92. The summed E-state index contributed by atoms with van der Waals surface area (Å²) in [5.41, 5.74) is 1.95. The van der Waals surface area contributed by atoms with Crippen molar-refractivity contribution in [1.82, 2.24) is 9.97 Å². The van der Waals surface area contributed by atoms with Gasteiger partial charge >= 0.3 is 0 Å². The summed E-state index contributed by atoms with van der Waals surface area (Å²) in [6.07, 6.45) is 3.18. The standard InChI is InChI=1S/C14H10N2O2S2/c1-7-5-18-11(6-17-7)14-16-10-3-9-12(4-13(10)20-14)19-8(2)15-9/h3-6H,1-2H3. The van der Waals surface area contributed by atoms with Crippen LogP contribution in [0.15, 0.2) is 30.4 Å². The lowest BCUT2D eigenvalue weighted by molar-refractivity contribution is 0.276. The van der Waals surface area contributed by atoms with Gasteiger partial charge in [0.1, 0.15) is 18.3 Å². The summed E-state index contributed by atoms with van der Waals surface area (Å²) in [5.74, 6) is 1.37. The maximum Gasteiger partial charge on any atom is 0.197 e. The fourth-order valence-corrected chi connectivity index (χ4v) is 3.88. The Morgan fingerprint density at radius 1 is 0.900 bits per heavy atom. The van der Waals surface area contributed by atoms with Crippen molar-refractivity contribution in [1.29, 1.82) is 0 Å². The molecule has 0 aliphatic carbocycles. The molecule has 1 aliphatic heterocycles. The number of hydrogen-bond acceptors (Lipinski definition) is 6. The number of nitrogens with zero attached hydrogens (tertiary/aromatic N) is 2. The molecule has 0 saturated carbocycles. The van der Waals surface area contributed by atoms with Crippen molar-refractivity contribution in [2.24, 2.45) is 0 Å². The topological polar surface area (TPSA) is 44.2 Å². The number of aromatic nitrogens is 2. The van der Waals surface area contributed by atoms with Gasteiger partial charge in [0.15, 0.2) is 10.8 Å². The van der Waals surface area contributed by atoms with Gasteiger partial charge in [-0.3, -0.25) is 0 Å². The molecule has 4 nitrogen and oxygen atoms in total. The van der Waals surface area contributed by atoms with Crippen molar-refractivity contribution >= 4 is 48.9 Å². The molecule has 0 saturated heterocycles. The SMILES string of the molecule is CC1=COC(c2nc3cc4nc(C)sc4cc3s2)=CO1. The normalized spacial score (nSPS) is 14.9. The van der Waals surface area contributed by atoms with Gasteiger partial charge in [-0.05, 0) is 26.0 Å². The molecule has 0 fully saturated rings. The zero-order chi connectivity index (χ0) is 13.7. The Hall–Kier alpha value is -1.92. The second-order valence-electron chi connectivity index (χ2n) is 4.49. The summed E-state index contributed by atoms with van der Waals surface area (Å²) < 4.78 is 13.2. The molecule has 100 valence electrons. The summed E-state index contributed by atoms with van der Waals surface area (Å²) >= 11 is 3.29. The molecule has 0 spiro atoms. The van der Waals surface area contributed by atoms with E-state index in [4.69, 9.17) is 9.47 Å². The lowest BCUT2D eigenvalue weighted by Crippen LogP contribution is -1.94. The maximum absolute atomic E-state index is 5.51. The first-order chi connectivity index (χ1) is 9.69. The Morgan fingerprint density at radius 2 is 1.70 bits per heavy atom. The van der Waals surface area contributed by atoms with Crippen LogP contribution in [-0.4, -0.2) is 9.97 Å². The van der Waals surface area contributed by atoms with Gasteiger partial charge in [0.25, 0.3) is 0 Å². The van der Waals surface area contributed by atoms with Gasteiger partial charge in [0.05, 0.1) is 25.4 Å². The molecular weight excluding hydrogens is 292 g/mol. The van der Waals surface area contributed by atoms with Crippen molar-refractivity contribution in [3.8, 4) is 0 Å². The van der Waals surface area contributed by atoms with Gasteiger partial charge in [0, 0.05) is 0 Å². The van der Waals surface area contributed by atoms with E-state index in [9.17, 15) is 0 Å². The average molecular weight is 302 g/mol. The minimum Gasteiger partial charge on any atom is -0.462 e. The quantitative estimate of drug-likeness (QED) is 0.667. The van der Waals surface area contributed by atoms with Crippen molar-refractivity contribution in [3.05, 3.63) is 40.4 Å². The molecule has 0 unspecified atom stereocenters. The van der Waals surface area contributed by atoms with Crippen molar-refractivity contribution in [2.75, 3.05) is 0 Å². The van der Waals surface area contributed by atoms with Crippen LogP contribution in [-0.2, 0) is 9.47 Å². The van der Waals surface area contributed by atoms with Gasteiger partial charge in [-0.2, -0.15) is 0 Å². The van der Waals surface area contributed by atoms with Crippen LogP contribution >= 0.6 is 22.7 Å². The number of rotatable bonds is 1. The number of thiazole rings is 2. The fourth-order valence-electron chi connectivity index (χ4n) is 2.02. The van der Waals surface area contributed by atoms with E-state index in [-0.39, 0.29) is 0 Å². The molecule has 0 radical (unpaired) electrons. The number of fused-ring (bicyclic) bond motifs is 2. The van der Waals surface area contributed by atoms with E-state index in [0.29, 0.717) is 5.76 Å². The molecule has 20 heavy (non-hydrogen) atoms. The highest BCUT2D eigenvalue weighted by molar-refractivity contribution is 7.21. The van der Waals surface area contributed by atoms with E-state index in [1.807, 2.05) is 19.9 Å². The number of aryl methyl sites for hydroxylation is 1. The molecule has 1 aromatic carbocycles. The molecule has 0 atom stereocenters. The van der Waals surface area contributed by atoms with Gasteiger partial charge in [-0.25, -0.2) is 9.97 Å². The van der Waals surface area contributed by atoms with E-state index in [2.05, 4.69) is 16.0 Å². The lowest BCUT2D eigenvalue weighted by atomic mass is 10.3. The van der Waals surface area contributed by atoms with Crippen LogP contribution in [0.1, 0.15) is 16.9 Å². The van der Waals surface area contributed by atoms with Crippen LogP contribution in [0.2, 0.25) is 0 Å². The molecular formula is C14H10N2O2S2. The zero-order valence-electron chi connectivity index (χ0n) is 10.8. The number of ether oxygens (including phenoxy) is 2. The predicted octanol–water partition coefficient (Wildman–Crippen LogP) is 4.42. The van der Waals surface area contributed by atoms with Crippen LogP contribution in [0.3, 0.4) is 0 Å². The first-order valence-electron chi connectivity index (χ1n) is 6.07. The Bertz CT molecular complexity index is 838. The largest absolute Gasteiger partial charge is 0.462 e. The van der Waals surface area contributed by atoms with Gasteiger partial charge in [-0.1, -0.05) is 0 Å². The van der Waals surface area contributed by atoms with Crippen molar-refractivity contribution < 1.29 is 9.47 Å². The van der Waals surface area contributed by atoms with E-state index in [0.717, 1.165) is 31.5 Å². The third kappa shape index (κ3) is 1.88. The molecule has 0 N–H and O–H groups in total. The van der Waals surface area contributed by atoms with Gasteiger partial charge in [-0.15, -0.1) is 22.7 Å². The second-order valence-corrected chi connectivity index (χ2v) is 6.75. The monoisotopic (exact) mass is 302 g/mol. The molecule has 2 aromatic heterocycles. The highest BCUT2D eigenvalue weighted by Crippen LogP contribution is 2.33. The Labute approximate surface area is 123 Å². The minimum absolute atomic E-state index is 0.643. The smallest absolute Gasteiger partial charge is 0.197 e. The predicted molar refractivity (Wildman–Crippen MR) is 81.4 cm³/mol. The van der Waals surface area contributed by atoms with Gasteiger partial charge < -0.3 is 9.47 Å². The van der Waals surface area contributed by atoms with Gasteiger partial charge in [0.2, 0.25) is 0 Å². The minimum atomic E-state index is 0.643. The van der Waals surface area contributed by atoms with E-state index in [1.54, 1.807) is 35.2 Å². The summed E-state index contributed by atoms with van der Waals surface area (Å²) in [6, 6.07) is 4.17. The van der Waals surface area contributed by atoms with E-state index >= 15 is 0 Å². The number of hydrogen-bond donors (Lipinski definition) is 0. The Kier molecular flexibility index (Phi) is 2.55. The third-order valence-corrected chi connectivity index (χ3v) is 4.89. The lowest BCUT2D eigenvalue weighted by Gasteiger charge is -2.10. The molecule has 3 aromatic rings. The summed E-state index contributed by atoms with van der Waals surface area (Å²) in [7, 11) is 0.